The minimum absolute atomic E-state index is 0.0263. The van der Waals surface area contributed by atoms with Gasteiger partial charge in [-0.3, -0.25) is 9.59 Å². The normalized spacial score (nSPS) is 21.3. The molecule has 1 atom stereocenters. The number of ketones is 1. The summed E-state index contributed by atoms with van der Waals surface area (Å²) in [5.74, 6) is -1.25. The van der Waals surface area contributed by atoms with Gasteiger partial charge in [0.25, 0.3) is 5.78 Å². The lowest BCUT2D eigenvalue weighted by molar-refractivity contribution is -0.458. The Labute approximate surface area is 110 Å². The zero-order valence-corrected chi connectivity index (χ0v) is 10.4. The molecule has 0 spiro atoms. The van der Waals surface area contributed by atoms with E-state index in [-0.39, 0.29) is 5.78 Å². The van der Waals surface area contributed by atoms with E-state index in [9.17, 15) is 9.59 Å². The molecule has 1 N–H and O–H groups in total. The fourth-order valence-electron chi connectivity index (χ4n) is 2.81. The van der Waals surface area contributed by atoms with Gasteiger partial charge in [-0.05, 0) is 0 Å². The van der Waals surface area contributed by atoms with Crippen molar-refractivity contribution in [2.75, 3.05) is 6.54 Å². The Balaban J connectivity index is 1.91. The van der Waals surface area contributed by atoms with E-state index >= 15 is 0 Å². The average molecular weight is 256 g/mol. The van der Waals surface area contributed by atoms with Gasteiger partial charge in [-0.2, -0.15) is 4.58 Å². The van der Waals surface area contributed by atoms with Crippen LogP contribution in [0.15, 0.2) is 42.1 Å². The van der Waals surface area contributed by atoms with E-state index in [2.05, 4.69) is 0 Å². The number of carboxylic acid groups (broad SMARTS) is 1. The number of aliphatic carboxylic acids is 1. The van der Waals surface area contributed by atoms with Gasteiger partial charge in [0.15, 0.2) is 12.3 Å². The van der Waals surface area contributed by atoms with Crippen LogP contribution >= 0.6 is 0 Å². The zero-order chi connectivity index (χ0) is 13.4. The van der Waals surface area contributed by atoms with Crippen molar-refractivity contribution in [2.45, 2.75) is 12.8 Å². The molecule has 0 radical (unpaired) electrons. The summed E-state index contributed by atoms with van der Waals surface area (Å²) in [7, 11) is 0. The van der Waals surface area contributed by atoms with Crippen molar-refractivity contribution in [1.29, 1.82) is 0 Å². The smallest absolute Gasteiger partial charge is 0.317 e. The molecule has 2 aliphatic heterocycles. The topological polar surface area (TPSA) is 57.4 Å². The molecule has 0 fully saturated rings. The van der Waals surface area contributed by atoms with Crippen LogP contribution in [-0.2, 0) is 4.79 Å². The van der Waals surface area contributed by atoms with E-state index in [4.69, 9.17) is 5.11 Å². The number of carbonyl (C=O) groups excluding carboxylic acids is 1. The molecule has 0 aromatic heterocycles. The zero-order valence-electron chi connectivity index (χ0n) is 10.4. The lowest BCUT2D eigenvalue weighted by Crippen LogP contribution is -2.21. The second-order valence-electron chi connectivity index (χ2n) is 4.81. The molecule has 96 valence electrons. The second kappa shape index (κ2) is 4.46. The molecule has 0 bridgehead atoms. The number of benzene rings is 1. The molecule has 0 amide bonds. The highest BCUT2D eigenvalue weighted by Gasteiger charge is 2.44. The van der Waals surface area contributed by atoms with Gasteiger partial charge in [0, 0.05) is 18.1 Å². The number of carbonyl (C=O) groups is 2. The first-order valence-corrected chi connectivity index (χ1v) is 6.34. The summed E-state index contributed by atoms with van der Waals surface area (Å²) in [6.07, 6.45) is 3.01. The van der Waals surface area contributed by atoms with Gasteiger partial charge in [-0.15, -0.1) is 0 Å². The summed E-state index contributed by atoms with van der Waals surface area (Å²) in [5.41, 5.74) is 2.13. The Morgan fingerprint density at radius 2 is 1.95 bits per heavy atom. The quantitative estimate of drug-likeness (QED) is 0.661. The van der Waals surface area contributed by atoms with Gasteiger partial charge in [0.2, 0.25) is 5.70 Å². The Hall–Kier alpha value is -2.23. The van der Waals surface area contributed by atoms with Crippen LogP contribution in [0.2, 0.25) is 0 Å². The Morgan fingerprint density at radius 1 is 1.21 bits per heavy atom. The van der Waals surface area contributed by atoms with Crippen molar-refractivity contribution in [3.63, 3.8) is 0 Å². The third-order valence-corrected chi connectivity index (χ3v) is 3.75. The molecule has 0 aliphatic carbocycles. The number of nitrogens with zero attached hydrogens (tertiary/aromatic N) is 1. The Morgan fingerprint density at radius 3 is 2.63 bits per heavy atom. The summed E-state index contributed by atoms with van der Waals surface area (Å²) < 4.78 is 1.88. The molecule has 3 rings (SSSR count). The van der Waals surface area contributed by atoms with Crippen LogP contribution in [0.5, 0.6) is 0 Å². The maximum absolute atomic E-state index is 12.4. The molecule has 4 nitrogen and oxygen atoms in total. The lowest BCUT2D eigenvalue weighted by atomic mass is 10.0. The molecular weight excluding hydrogens is 242 g/mol. The molecule has 0 saturated carbocycles. The number of hydrogen-bond donors (Lipinski definition) is 1. The molecule has 1 aromatic carbocycles. The minimum Gasteiger partial charge on any atom is -0.481 e. The van der Waals surface area contributed by atoms with E-state index in [0.717, 1.165) is 5.71 Å². The predicted molar refractivity (Wildman–Crippen MR) is 69.3 cm³/mol. The van der Waals surface area contributed by atoms with E-state index in [1.807, 2.05) is 28.9 Å². The maximum atomic E-state index is 12.4. The van der Waals surface area contributed by atoms with Crippen LogP contribution in [0.3, 0.4) is 0 Å². The van der Waals surface area contributed by atoms with Crippen molar-refractivity contribution in [1.82, 2.24) is 0 Å². The van der Waals surface area contributed by atoms with Crippen LogP contribution in [0.1, 0.15) is 23.2 Å². The first-order chi connectivity index (χ1) is 9.18. The minimum atomic E-state index is -0.792. The van der Waals surface area contributed by atoms with Crippen LogP contribution in [0.25, 0.3) is 0 Å². The number of rotatable bonds is 3. The van der Waals surface area contributed by atoms with Crippen LogP contribution in [0.4, 0.5) is 0 Å². The molecule has 1 unspecified atom stereocenters. The highest BCUT2D eigenvalue weighted by atomic mass is 16.4. The van der Waals surface area contributed by atoms with Crippen LogP contribution in [-0.4, -0.2) is 33.7 Å². The number of allylic oxidation sites excluding steroid dienone is 2. The van der Waals surface area contributed by atoms with Crippen molar-refractivity contribution in [2.24, 2.45) is 5.92 Å². The third-order valence-electron chi connectivity index (χ3n) is 3.75. The van der Waals surface area contributed by atoms with Gasteiger partial charge < -0.3 is 5.11 Å². The molecule has 2 heterocycles. The van der Waals surface area contributed by atoms with Gasteiger partial charge >= 0.3 is 5.97 Å². The van der Waals surface area contributed by atoms with Gasteiger partial charge in [-0.1, -0.05) is 30.3 Å². The second-order valence-corrected chi connectivity index (χ2v) is 4.81. The first kappa shape index (κ1) is 11.8. The summed E-state index contributed by atoms with van der Waals surface area (Å²) in [5, 5.41) is 9.15. The Kier molecular flexibility index (Phi) is 2.78. The van der Waals surface area contributed by atoms with E-state index in [1.54, 1.807) is 12.1 Å². The standard InChI is InChI=1S/C15H13NO3/c17-14(10-4-2-1-3-5-10)13-7-6-12-11(15(18)19)8-9-16(12)13/h1-5,7,11H,6,8-9H2/p+1. The highest BCUT2D eigenvalue weighted by Crippen LogP contribution is 2.27. The van der Waals surface area contributed by atoms with Crippen LogP contribution in [0, 0.1) is 5.92 Å². The Bertz CT molecular complexity index is 614. The summed E-state index contributed by atoms with van der Waals surface area (Å²) in [6.45, 7) is 0.622. The fourth-order valence-corrected chi connectivity index (χ4v) is 2.81. The van der Waals surface area contributed by atoms with Crippen LogP contribution < -0.4 is 0 Å². The molecule has 4 heteroatoms. The monoisotopic (exact) mass is 256 g/mol. The molecule has 2 aliphatic rings. The molecular formula is C15H14NO3+. The average Bonchev–Trinajstić information content (AvgIpc) is 2.99. The van der Waals surface area contributed by atoms with Crippen molar-refractivity contribution in [3.8, 4) is 0 Å². The highest BCUT2D eigenvalue weighted by molar-refractivity contribution is 6.10. The SMILES string of the molecule is O=C(C1=CCC2=[N+]1CCC2C(=O)O)c1ccccc1. The van der Waals surface area contributed by atoms with Gasteiger partial charge in [0.1, 0.15) is 5.92 Å². The predicted octanol–water partition coefficient (Wildman–Crippen LogP) is 1.71. The van der Waals surface area contributed by atoms with E-state index in [0.29, 0.717) is 30.6 Å². The fraction of sp³-hybridized carbons (Fsp3) is 0.267. The van der Waals surface area contributed by atoms with E-state index in [1.165, 1.54) is 0 Å². The molecule has 19 heavy (non-hydrogen) atoms. The summed E-state index contributed by atoms with van der Waals surface area (Å²) in [4.78, 5) is 23.5. The lowest BCUT2D eigenvalue weighted by Gasteiger charge is -2.00. The van der Waals surface area contributed by atoms with Crippen molar-refractivity contribution >= 4 is 17.5 Å². The molecule has 1 aromatic rings. The number of Topliss-reactive ketones (excluding diaryl/α,β-unsaturated/α-hetero) is 1. The first-order valence-electron chi connectivity index (χ1n) is 6.34. The largest absolute Gasteiger partial charge is 0.481 e. The van der Waals surface area contributed by atoms with Gasteiger partial charge in [0.05, 0.1) is 6.42 Å². The third kappa shape index (κ3) is 1.89. The molecule has 0 saturated heterocycles. The maximum Gasteiger partial charge on any atom is 0.317 e. The summed E-state index contributed by atoms with van der Waals surface area (Å²) in [6, 6.07) is 9.10. The summed E-state index contributed by atoms with van der Waals surface area (Å²) >= 11 is 0. The van der Waals surface area contributed by atoms with Crippen molar-refractivity contribution in [3.05, 3.63) is 47.7 Å². The number of carboxylic acids is 1. The van der Waals surface area contributed by atoms with Gasteiger partial charge in [-0.25, -0.2) is 0 Å². The van der Waals surface area contributed by atoms with E-state index < -0.39 is 11.9 Å². The number of hydrogen-bond acceptors (Lipinski definition) is 2. The van der Waals surface area contributed by atoms with Crippen molar-refractivity contribution < 1.29 is 19.3 Å².